The molecular formula is C27H28ClF2N3O4S. The van der Waals surface area contributed by atoms with Crippen LogP contribution in [0, 0.1) is 11.6 Å². The fourth-order valence-corrected chi connectivity index (χ4v) is 4.93. The SMILES string of the molecule is CCNC(=O)[C@@H](Cc1ccccc1)N(Cc1ccccc1F)C(=O)CN(c1ccc(F)c(Cl)c1)S(C)(=O)=O. The van der Waals surface area contributed by atoms with Gasteiger partial charge in [0, 0.05) is 25.1 Å². The first-order valence-electron chi connectivity index (χ1n) is 11.8. The zero-order valence-corrected chi connectivity index (χ0v) is 22.5. The second-order valence-corrected chi connectivity index (χ2v) is 10.9. The molecule has 0 radical (unpaired) electrons. The minimum absolute atomic E-state index is 0.0317. The molecule has 1 N–H and O–H groups in total. The molecule has 0 spiro atoms. The first-order valence-corrected chi connectivity index (χ1v) is 14.0. The Morgan fingerprint density at radius 1 is 0.974 bits per heavy atom. The molecule has 0 aromatic heterocycles. The van der Waals surface area contributed by atoms with Gasteiger partial charge in [-0.05, 0) is 36.8 Å². The van der Waals surface area contributed by atoms with Gasteiger partial charge in [0.15, 0.2) is 0 Å². The molecule has 0 saturated heterocycles. The van der Waals surface area contributed by atoms with Gasteiger partial charge in [-0.25, -0.2) is 17.2 Å². The number of hydrogen-bond donors (Lipinski definition) is 1. The Morgan fingerprint density at radius 3 is 2.24 bits per heavy atom. The predicted octanol–water partition coefficient (Wildman–Crippen LogP) is 4.16. The lowest BCUT2D eigenvalue weighted by Crippen LogP contribution is -2.53. The monoisotopic (exact) mass is 563 g/mol. The van der Waals surface area contributed by atoms with Crippen LogP contribution in [0.3, 0.4) is 0 Å². The first-order chi connectivity index (χ1) is 18.0. The van der Waals surface area contributed by atoms with E-state index >= 15 is 0 Å². The van der Waals surface area contributed by atoms with Crippen molar-refractivity contribution in [2.24, 2.45) is 0 Å². The van der Waals surface area contributed by atoms with Crippen molar-refractivity contribution in [3.05, 3.63) is 101 Å². The van der Waals surface area contributed by atoms with Crippen LogP contribution in [0.25, 0.3) is 0 Å². The molecular weight excluding hydrogens is 536 g/mol. The second-order valence-electron chi connectivity index (χ2n) is 8.58. The van der Waals surface area contributed by atoms with Gasteiger partial charge in [-0.3, -0.25) is 13.9 Å². The molecule has 0 heterocycles. The van der Waals surface area contributed by atoms with Crippen molar-refractivity contribution in [3.8, 4) is 0 Å². The number of nitrogens with one attached hydrogen (secondary N) is 1. The maximum atomic E-state index is 14.7. The van der Waals surface area contributed by atoms with Crippen LogP contribution in [0.15, 0.2) is 72.8 Å². The third-order valence-electron chi connectivity index (χ3n) is 5.79. The van der Waals surface area contributed by atoms with Gasteiger partial charge in [0.05, 0.1) is 17.0 Å². The Hall–Kier alpha value is -3.50. The van der Waals surface area contributed by atoms with Gasteiger partial charge in [-0.1, -0.05) is 60.1 Å². The van der Waals surface area contributed by atoms with Crippen molar-refractivity contribution in [1.29, 1.82) is 0 Å². The molecule has 0 bridgehead atoms. The summed E-state index contributed by atoms with van der Waals surface area (Å²) in [6, 6.07) is 17.0. The molecule has 202 valence electrons. The van der Waals surface area contributed by atoms with Crippen molar-refractivity contribution in [2.45, 2.75) is 25.9 Å². The summed E-state index contributed by atoms with van der Waals surface area (Å²) in [5.74, 6) is -2.57. The maximum Gasteiger partial charge on any atom is 0.244 e. The number of benzene rings is 3. The third-order valence-corrected chi connectivity index (χ3v) is 7.22. The molecule has 0 aliphatic rings. The number of sulfonamides is 1. The van der Waals surface area contributed by atoms with E-state index in [0.717, 1.165) is 28.3 Å². The molecule has 0 aliphatic heterocycles. The van der Waals surface area contributed by atoms with E-state index in [4.69, 9.17) is 11.6 Å². The van der Waals surface area contributed by atoms with Crippen molar-refractivity contribution >= 4 is 39.1 Å². The summed E-state index contributed by atoms with van der Waals surface area (Å²) < 4.78 is 54.5. The predicted molar refractivity (Wildman–Crippen MR) is 143 cm³/mol. The van der Waals surface area contributed by atoms with Crippen molar-refractivity contribution in [2.75, 3.05) is 23.7 Å². The highest BCUT2D eigenvalue weighted by Crippen LogP contribution is 2.25. The highest BCUT2D eigenvalue weighted by Gasteiger charge is 2.33. The molecule has 0 unspecified atom stereocenters. The van der Waals surface area contributed by atoms with E-state index < -0.39 is 46.1 Å². The van der Waals surface area contributed by atoms with Gasteiger partial charge in [0.1, 0.15) is 24.2 Å². The summed E-state index contributed by atoms with van der Waals surface area (Å²) in [4.78, 5) is 28.2. The Bertz CT molecular complexity index is 1390. The van der Waals surface area contributed by atoms with E-state index in [1.54, 1.807) is 37.3 Å². The Kier molecular flexibility index (Phi) is 9.82. The molecule has 0 aliphatic carbocycles. The van der Waals surface area contributed by atoms with Crippen LogP contribution in [0.2, 0.25) is 5.02 Å². The number of amides is 2. The lowest BCUT2D eigenvalue weighted by atomic mass is 10.0. The molecule has 3 aromatic carbocycles. The minimum atomic E-state index is -4.04. The largest absolute Gasteiger partial charge is 0.355 e. The Balaban J connectivity index is 2.06. The fraction of sp³-hybridized carbons (Fsp3) is 0.259. The molecule has 0 saturated carbocycles. The molecule has 3 rings (SSSR count). The van der Waals surface area contributed by atoms with E-state index in [2.05, 4.69) is 5.32 Å². The van der Waals surface area contributed by atoms with Crippen molar-refractivity contribution in [1.82, 2.24) is 10.2 Å². The average Bonchev–Trinajstić information content (AvgIpc) is 2.87. The van der Waals surface area contributed by atoms with Gasteiger partial charge in [-0.2, -0.15) is 0 Å². The Labute approximate surface area is 226 Å². The van der Waals surface area contributed by atoms with E-state index in [0.29, 0.717) is 0 Å². The standard InChI is InChI=1S/C27H28ClF2N3O4S/c1-3-31-27(35)25(15-19-9-5-4-6-10-19)32(17-20-11-7-8-12-23(20)29)26(34)18-33(38(2,36)37)21-13-14-24(30)22(28)16-21/h4-14,16,25H,3,15,17-18H2,1-2H3,(H,31,35)/t25-/m1/s1. The highest BCUT2D eigenvalue weighted by atomic mass is 35.5. The number of anilines is 1. The molecule has 0 fully saturated rings. The zero-order valence-electron chi connectivity index (χ0n) is 20.9. The summed E-state index contributed by atoms with van der Waals surface area (Å²) >= 11 is 5.86. The summed E-state index contributed by atoms with van der Waals surface area (Å²) in [5, 5.41) is 2.39. The normalized spacial score (nSPS) is 12.0. The smallest absolute Gasteiger partial charge is 0.244 e. The molecule has 3 aromatic rings. The summed E-state index contributed by atoms with van der Waals surface area (Å²) in [5.41, 5.74) is 0.870. The lowest BCUT2D eigenvalue weighted by Gasteiger charge is -2.33. The van der Waals surface area contributed by atoms with Gasteiger partial charge in [0.25, 0.3) is 0 Å². The first kappa shape index (κ1) is 29.1. The molecule has 38 heavy (non-hydrogen) atoms. The lowest BCUT2D eigenvalue weighted by molar-refractivity contribution is -0.140. The van der Waals surface area contributed by atoms with Crippen LogP contribution in [-0.2, 0) is 32.6 Å². The van der Waals surface area contributed by atoms with E-state index in [-0.39, 0.29) is 35.8 Å². The van der Waals surface area contributed by atoms with E-state index in [1.165, 1.54) is 29.2 Å². The number of halogens is 3. The summed E-state index contributed by atoms with van der Waals surface area (Å²) in [6.45, 7) is 1.00. The topological polar surface area (TPSA) is 86.8 Å². The molecule has 2 amide bonds. The minimum Gasteiger partial charge on any atom is -0.355 e. The number of carbonyl (C=O) groups is 2. The number of carbonyl (C=O) groups excluding carboxylic acids is 2. The second kappa shape index (κ2) is 12.8. The number of likely N-dealkylation sites (N-methyl/N-ethyl adjacent to an activating group) is 1. The summed E-state index contributed by atoms with van der Waals surface area (Å²) in [6.07, 6.45) is 0.998. The molecule has 1 atom stereocenters. The van der Waals surface area contributed by atoms with Crippen molar-refractivity contribution in [3.63, 3.8) is 0 Å². The molecule has 11 heteroatoms. The number of hydrogen-bond acceptors (Lipinski definition) is 4. The van der Waals surface area contributed by atoms with Crippen LogP contribution < -0.4 is 9.62 Å². The fourth-order valence-electron chi connectivity index (χ4n) is 3.91. The van der Waals surface area contributed by atoms with E-state index in [1.807, 2.05) is 6.07 Å². The molecule has 7 nitrogen and oxygen atoms in total. The zero-order chi connectivity index (χ0) is 27.9. The Morgan fingerprint density at radius 2 is 1.63 bits per heavy atom. The third kappa shape index (κ3) is 7.52. The highest BCUT2D eigenvalue weighted by molar-refractivity contribution is 7.92. The van der Waals surface area contributed by atoms with Crippen molar-refractivity contribution < 1.29 is 26.8 Å². The van der Waals surface area contributed by atoms with Crippen LogP contribution >= 0.6 is 11.6 Å². The quantitative estimate of drug-likeness (QED) is 0.379. The van der Waals surface area contributed by atoms with Gasteiger partial charge >= 0.3 is 0 Å². The van der Waals surface area contributed by atoms with Crippen LogP contribution in [0.1, 0.15) is 18.1 Å². The maximum absolute atomic E-state index is 14.7. The van der Waals surface area contributed by atoms with Gasteiger partial charge in [0.2, 0.25) is 21.8 Å². The van der Waals surface area contributed by atoms with Crippen LogP contribution in [-0.4, -0.2) is 50.5 Å². The summed E-state index contributed by atoms with van der Waals surface area (Å²) in [7, 11) is -4.04. The van der Waals surface area contributed by atoms with Crippen LogP contribution in [0.5, 0.6) is 0 Å². The number of rotatable bonds is 11. The van der Waals surface area contributed by atoms with Gasteiger partial charge in [-0.15, -0.1) is 0 Å². The van der Waals surface area contributed by atoms with Crippen LogP contribution in [0.4, 0.5) is 14.5 Å². The van der Waals surface area contributed by atoms with E-state index in [9.17, 15) is 26.8 Å². The van der Waals surface area contributed by atoms with Gasteiger partial charge < -0.3 is 10.2 Å². The average molecular weight is 564 g/mol. The number of nitrogens with zero attached hydrogens (tertiary/aromatic N) is 2.